The van der Waals surface area contributed by atoms with E-state index in [1.54, 1.807) is 11.3 Å². The molecule has 2 aromatic heterocycles. The van der Waals surface area contributed by atoms with Gasteiger partial charge in [-0.3, -0.25) is 4.68 Å². The molecule has 0 aliphatic heterocycles. The lowest BCUT2D eigenvalue weighted by Gasteiger charge is -2.05. The van der Waals surface area contributed by atoms with Crippen molar-refractivity contribution < 1.29 is 0 Å². The van der Waals surface area contributed by atoms with Gasteiger partial charge in [0.15, 0.2) is 0 Å². The Kier molecular flexibility index (Phi) is 4.49. The van der Waals surface area contributed by atoms with E-state index in [1.807, 2.05) is 23.1 Å². The second-order valence-corrected chi connectivity index (χ2v) is 5.72. The van der Waals surface area contributed by atoms with Crippen LogP contribution in [-0.4, -0.2) is 20.8 Å². The van der Waals surface area contributed by atoms with Crippen molar-refractivity contribution in [1.82, 2.24) is 20.1 Å². The largest absolute Gasteiger partial charge is 0.310 e. The summed E-state index contributed by atoms with van der Waals surface area (Å²) in [5.74, 6) is 0. The van der Waals surface area contributed by atoms with Crippen LogP contribution in [0.4, 0.5) is 0 Å². The third-order valence-electron chi connectivity index (χ3n) is 2.61. The fourth-order valence-corrected chi connectivity index (χ4v) is 2.61. The zero-order valence-electron chi connectivity index (χ0n) is 11.2. The van der Waals surface area contributed by atoms with Crippen LogP contribution in [0.1, 0.15) is 32.1 Å². The van der Waals surface area contributed by atoms with Gasteiger partial charge in [0.1, 0.15) is 5.01 Å². The van der Waals surface area contributed by atoms with Gasteiger partial charge in [0.05, 0.1) is 5.69 Å². The van der Waals surface area contributed by atoms with Crippen molar-refractivity contribution in [3.05, 3.63) is 23.3 Å². The fourth-order valence-electron chi connectivity index (χ4n) is 1.72. The van der Waals surface area contributed by atoms with E-state index in [0.717, 1.165) is 30.2 Å². The van der Waals surface area contributed by atoms with Gasteiger partial charge in [-0.25, -0.2) is 4.98 Å². The normalized spacial score (nSPS) is 11.3. The average molecular weight is 264 g/mol. The van der Waals surface area contributed by atoms with Crippen LogP contribution < -0.4 is 5.32 Å². The summed E-state index contributed by atoms with van der Waals surface area (Å²) in [4.78, 5) is 5.76. The number of rotatable bonds is 6. The highest BCUT2D eigenvalue weighted by Gasteiger charge is 2.09. The van der Waals surface area contributed by atoms with Crippen LogP contribution in [0.2, 0.25) is 0 Å². The van der Waals surface area contributed by atoms with Crippen LogP contribution in [0.5, 0.6) is 0 Å². The van der Waals surface area contributed by atoms with Gasteiger partial charge in [0.2, 0.25) is 0 Å². The van der Waals surface area contributed by atoms with Crippen molar-refractivity contribution in [3.63, 3.8) is 0 Å². The van der Waals surface area contributed by atoms with E-state index >= 15 is 0 Å². The summed E-state index contributed by atoms with van der Waals surface area (Å²) in [7, 11) is 0. The average Bonchev–Trinajstić information content (AvgIpc) is 2.94. The molecule has 5 heteroatoms. The molecule has 1 N–H and O–H groups in total. The standard InChI is InChI=1S/C13H20N4S/c1-4-7-17-12(5-6-16-17)13-15-9-11(18-13)8-14-10(2)3/h5-6,9-10,14H,4,7-8H2,1-3H3. The number of nitrogens with one attached hydrogen (secondary N) is 1. The maximum Gasteiger partial charge on any atom is 0.141 e. The summed E-state index contributed by atoms with van der Waals surface area (Å²) >= 11 is 1.74. The van der Waals surface area contributed by atoms with Gasteiger partial charge in [0, 0.05) is 36.4 Å². The van der Waals surface area contributed by atoms with E-state index in [9.17, 15) is 0 Å². The number of aromatic nitrogens is 3. The molecule has 0 saturated carbocycles. The van der Waals surface area contributed by atoms with E-state index < -0.39 is 0 Å². The Bertz CT molecular complexity index is 487. The summed E-state index contributed by atoms with van der Waals surface area (Å²) in [5.41, 5.74) is 1.12. The van der Waals surface area contributed by atoms with Gasteiger partial charge < -0.3 is 5.32 Å². The molecule has 98 valence electrons. The SMILES string of the molecule is CCCn1nccc1-c1ncc(CNC(C)C)s1. The van der Waals surface area contributed by atoms with Crippen molar-refractivity contribution in [1.29, 1.82) is 0 Å². The van der Waals surface area contributed by atoms with E-state index in [0.29, 0.717) is 6.04 Å². The Morgan fingerprint density at radius 2 is 2.28 bits per heavy atom. The molecule has 0 saturated heterocycles. The quantitative estimate of drug-likeness (QED) is 0.872. The molecular weight excluding hydrogens is 244 g/mol. The van der Waals surface area contributed by atoms with Gasteiger partial charge >= 0.3 is 0 Å². The molecule has 0 amide bonds. The Labute approximate surface area is 112 Å². The Balaban J connectivity index is 2.11. The van der Waals surface area contributed by atoms with Crippen molar-refractivity contribution in [2.24, 2.45) is 0 Å². The zero-order valence-corrected chi connectivity index (χ0v) is 12.0. The minimum atomic E-state index is 0.501. The molecular formula is C13H20N4S. The molecule has 0 aromatic carbocycles. The second-order valence-electron chi connectivity index (χ2n) is 4.61. The van der Waals surface area contributed by atoms with Crippen LogP contribution in [0.15, 0.2) is 18.5 Å². The second kappa shape index (κ2) is 6.11. The number of thiazole rings is 1. The first-order valence-electron chi connectivity index (χ1n) is 6.41. The molecule has 0 spiro atoms. The van der Waals surface area contributed by atoms with Crippen molar-refractivity contribution in [3.8, 4) is 10.7 Å². The molecule has 18 heavy (non-hydrogen) atoms. The summed E-state index contributed by atoms with van der Waals surface area (Å²) in [5, 5.41) is 8.80. The smallest absolute Gasteiger partial charge is 0.141 e. The van der Waals surface area contributed by atoms with Crippen LogP contribution >= 0.6 is 11.3 Å². The van der Waals surface area contributed by atoms with Gasteiger partial charge in [-0.15, -0.1) is 11.3 Å². The summed E-state index contributed by atoms with van der Waals surface area (Å²) in [6.07, 6.45) is 4.89. The number of hydrogen-bond donors (Lipinski definition) is 1. The topological polar surface area (TPSA) is 42.7 Å². The Morgan fingerprint density at radius 3 is 3.00 bits per heavy atom. The molecule has 0 fully saturated rings. The van der Waals surface area contributed by atoms with Crippen molar-refractivity contribution >= 4 is 11.3 Å². The highest BCUT2D eigenvalue weighted by molar-refractivity contribution is 7.15. The third kappa shape index (κ3) is 3.17. The lowest BCUT2D eigenvalue weighted by Crippen LogP contribution is -2.21. The highest BCUT2D eigenvalue weighted by Crippen LogP contribution is 2.25. The molecule has 0 atom stereocenters. The molecule has 0 bridgehead atoms. The minimum Gasteiger partial charge on any atom is -0.310 e. The molecule has 2 rings (SSSR count). The minimum absolute atomic E-state index is 0.501. The van der Waals surface area contributed by atoms with Crippen LogP contribution in [0.3, 0.4) is 0 Å². The predicted molar refractivity (Wildman–Crippen MR) is 75.6 cm³/mol. The van der Waals surface area contributed by atoms with Crippen LogP contribution in [0, 0.1) is 0 Å². The number of nitrogens with zero attached hydrogens (tertiary/aromatic N) is 3. The summed E-state index contributed by atoms with van der Waals surface area (Å²) in [6, 6.07) is 2.54. The Hall–Kier alpha value is -1.20. The molecule has 0 aliphatic carbocycles. The maximum atomic E-state index is 4.50. The molecule has 0 aliphatic rings. The zero-order chi connectivity index (χ0) is 13.0. The van der Waals surface area contributed by atoms with Crippen LogP contribution in [0.25, 0.3) is 10.7 Å². The van der Waals surface area contributed by atoms with Gasteiger partial charge in [-0.2, -0.15) is 5.10 Å². The molecule has 0 unspecified atom stereocenters. The molecule has 0 radical (unpaired) electrons. The first kappa shape index (κ1) is 13.2. The first-order chi connectivity index (χ1) is 8.70. The molecule has 2 aromatic rings. The number of aryl methyl sites for hydroxylation is 1. The lowest BCUT2D eigenvalue weighted by atomic mass is 10.4. The fraction of sp³-hybridized carbons (Fsp3) is 0.538. The molecule has 2 heterocycles. The summed E-state index contributed by atoms with van der Waals surface area (Å²) < 4.78 is 2.03. The van der Waals surface area contributed by atoms with E-state index in [-0.39, 0.29) is 0 Å². The molecule has 4 nitrogen and oxygen atoms in total. The third-order valence-corrected chi connectivity index (χ3v) is 3.63. The van der Waals surface area contributed by atoms with Gasteiger partial charge in [0.25, 0.3) is 0 Å². The predicted octanol–water partition coefficient (Wildman–Crippen LogP) is 2.91. The van der Waals surface area contributed by atoms with Gasteiger partial charge in [-0.1, -0.05) is 20.8 Å². The van der Waals surface area contributed by atoms with E-state index in [4.69, 9.17) is 0 Å². The highest BCUT2D eigenvalue weighted by atomic mass is 32.1. The maximum absolute atomic E-state index is 4.50. The van der Waals surface area contributed by atoms with E-state index in [1.165, 1.54) is 4.88 Å². The Morgan fingerprint density at radius 1 is 1.44 bits per heavy atom. The van der Waals surface area contributed by atoms with Crippen molar-refractivity contribution in [2.75, 3.05) is 0 Å². The first-order valence-corrected chi connectivity index (χ1v) is 7.22. The summed E-state index contributed by atoms with van der Waals surface area (Å²) in [6.45, 7) is 8.29. The monoisotopic (exact) mass is 264 g/mol. The lowest BCUT2D eigenvalue weighted by molar-refractivity contribution is 0.593. The van der Waals surface area contributed by atoms with Gasteiger partial charge in [-0.05, 0) is 12.5 Å². The van der Waals surface area contributed by atoms with Crippen molar-refractivity contribution in [2.45, 2.75) is 46.3 Å². The number of hydrogen-bond acceptors (Lipinski definition) is 4. The van der Waals surface area contributed by atoms with Crippen LogP contribution in [-0.2, 0) is 13.1 Å². The van der Waals surface area contributed by atoms with E-state index in [2.05, 4.69) is 36.2 Å².